The number of phosphoric ester groups is 2. The maximum absolute atomic E-state index is 13.1. The summed E-state index contributed by atoms with van der Waals surface area (Å²) in [5.74, 6) is -1.25. The van der Waals surface area contributed by atoms with E-state index >= 15 is 0 Å². The van der Waals surface area contributed by atoms with E-state index in [9.17, 15) is 43.2 Å². The minimum Gasteiger partial charge on any atom is -0.462 e. The Balaban J connectivity index is 5.23. The van der Waals surface area contributed by atoms with E-state index in [1.807, 2.05) is 0 Å². The summed E-state index contributed by atoms with van der Waals surface area (Å²) in [6.07, 6.45) is 69.3. The van der Waals surface area contributed by atoms with Crippen LogP contribution in [0.4, 0.5) is 0 Å². The van der Waals surface area contributed by atoms with Crippen LogP contribution in [0.25, 0.3) is 0 Å². The van der Waals surface area contributed by atoms with Crippen LogP contribution >= 0.6 is 15.6 Å². The molecule has 0 rings (SSSR count). The number of hydrogen-bond donors (Lipinski definition) is 3. The lowest BCUT2D eigenvalue weighted by Gasteiger charge is -2.21. The van der Waals surface area contributed by atoms with Crippen molar-refractivity contribution in [1.29, 1.82) is 0 Å². The summed E-state index contributed by atoms with van der Waals surface area (Å²) in [6, 6.07) is 0. The van der Waals surface area contributed by atoms with Gasteiger partial charge in [0.05, 0.1) is 26.4 Å². The third kappa shape index (κ3) is 76.6. The van der Waals surface area contributed by atoms with Gasteiger partial charge < -0.3 is 33.8 Å². The molecule has 17 nitrogen and oxygen atoms in total. The number of aliphatic hydroxyl groups excluding tert-OH is 1. The van der Waals surface area contributed by atoms with Gasteiger partial charge in [-0.2, -0.15) is 0 Å². The van der Waals surface area contributed by atoms with Gasteiger partial charge in [-0.3, -0.25) is 37.3 Å². The van der Waals surface area contributed by atoms with Crippen LogP contribution in [0.1, 0.15) is 452 Å². The van der Waals surface area contributed by atoms with E-state index in [0.717, 1.165) is 95.8 Å². The molecule has 0 aliphatic rings. The zero-order chi connectivity index (χ0) is 75.5. The molecule has 19 heteroatoms. The molecule has 3 unspecified atom stereocenters. The predicted molar refractivity (Wildman–Crippen MR) is 423 cm³/mol. The van der Waals surface area contributed by atoms with Crippen molar-refractivity contribution in [3.63, 3.8) is 0 Å². The minimum absolute atomic E-state index is 0.109. The van der Waals surface area contributed by atoms with E-state index in [1.165, 1.54) is 276 Å². The second-order valence-corrected chi connectivity index (χ2v) is 33.4. The molecule has 0 aliphatic carbocycles. The van der Waals surface area contributed by atoms with Crippen LogP contribution in [0, 0.1) is 5.92 Å². The first kappa shape index (κ1) is 101. The maximum Gasteiger partial charge on any atom is 0.472 e. The third-order valence-corrected chi connectivity index (χ3v) is 22.0. The Morgan fingerprint density at radius 1 is 0.272 bits per heavy atom. The molecule has 0 aliphatic heterocycles. The number of esters is 4. The Morgan fingerprint density at radius 2 is 0.466 bits per heavy atom. The highest BCUT2D eigenvalue weighted by atomic mass is 31.2. The van der Waals surface area contributed by atoms with Crippen LogP contribution in [0.5, 0.6) is 0 Å². The zero-order valence-corrected chi connectivity index (χ0v) is 69.3. The molecule has 6 atom stereocenters. The molecular formula is C84H164O17P2. The van der Waals surface area contributed by atoms with E-state index in [2.05, 4.69) is 34.6 Å². The lowest BCUT2D eigenvalue weighted by molar-refractivity contribution is -0.161. The van der Waals surface area contributed by atoms with Crippen molar-refractivity contribution in [2.24, 2.45) is 5.92 Å². The van der Waals surface area contributed by atoms with Crippen LogP contribution in [0.15, 0.2) is 0 Å². The molecule has 0 spiro atoms. The van der Waals surface area contributed by atoms with Gasteiger partial charge in [0, 0.05) is 25.7 Å². The minimum atomic E-state index is -4.96. The highest BCUT2D eigenvalue weighted by molar-refractivity contribution is 7.47. The average molecular weight is 1510 g/mol. The van der Waals surface area contributed by atoms with Crippen LogP contribution in [-0.2, 0) is 65.4 Å². The maximum atomic E-state index is 13.1. The number of hydrogen-bond acceptors (Lipinski definition) is 15. The molecular weight excluding hydrogens is 1340 g/mol. The quantitative estimate of drug-likeness (QED) is 0.0222. The molecule has 0 amide bonds. The van der Waals surface area contributed by atoms with Gasteiger partial charge in [-0.05, 0) is 31.6 Å². The smallest absolute Gasteiger partial charge is 0.462 e. The molecule has 0 aromatic rings. The van der Waals surface area contributed by atoms with Crippen molar-refractivity contribution in [2.75, 3.05) is 39.6 Å². The van der Waals surface area contributed by atoms with Crippen LogP contribution in [0.2, 0.25) is 0 Å². The molecule has 0 saturated carbocycles. The number of phosphoric acid groups is 2. The summed E-state index contributed by atoms with van der Waals surface area (Å²) in [4.78, 5) is 73.1. The van der Waals surface area contributed by atoms with Gasteiger partial charge in [0.15, 0.2) is 12.2 Å². The normalized spacial score (nSPS) is 14.1. The van der Waals surface area contributed by atoms with Crippen molar-refractivity contribution in [3.05, 3.63) is 0 Å². The SMILES string of the molecule is CCCCCCCCCCCCCCCCCCCCCCC(=O)O[C@H](COC(=O)CCCCCCCCCCCCCCCCC(C)CC)COP(=O)(O)OC[C@@H](O)COP(=O)(O)OC[C@@H](COC(=O)CCCCCCCCCCCC)OC(=O)CCCCCCCCCCCCCCCCC. The number of aliphatic hydroxyl groups is 1. The summed E-state index contributed by atoms with van der Waals surface area (Å²) in [5.41, 5.74) is 0. The van der Waals surface area contributed by atoms with Crippen molar-refractivity contribution in [1.82, 2.24) is 0 Å². The molecule has 0 fully saturated rings. The highest BCUT2D eigenvalue weighted by Gasteiger charge is 2.30. The molecule has 0 radical (unpaired) electrons. The van der Waals surface area contributed by atoms with E-state index in [1.54, 1.807) is 0 Å². The van der Waals surface area contributed by atoms with Crippen molar-refractivity contribution < 1.29 is 80.2 Å². The van der Waals surface area contributed by atoms with Gasteiger partial charge in [-0.1, -0.05) is 401 Å². The predicted octanol–water partition coefficient (Wildman–Crippen LogP) is 25.6. The van der Waals surface area contributed by atoms with Gasteiger partial charge in [0.1, 0.15) is 19.3 Å². The van der Waals surface area contributed by atoms with Crippen molar-refractivity contribution in [3.8, 4) is 0 Å². The molecule has 0 aromatic heterocycles. The van der Waals surface area contributed by atoms with Crippen LogP contribution < -0.4 is 0 Å². The Morgan fingerprint density at radius 3 is 0.689 bits per heavy atom. The first-order valence-electron chi connectivity index (χ1n) is 43.7. The molecule has 0 heterocycles. The monoisotopic (exact) mass is 1510 g/mol. The fraction of sp³-hybridized carbons (Fsp3) is 0.952. The molecule has 3 N–H and O–H groups in total. The van der Waals surface area contributed by atoms with Crippen molar-refractivity contribution >= 4 is 39.5 Å². The number of unbranched alkanes of at least 4 members (excludes halogenated alkanes) is 55. The topological polar surface area (TPSA) is 237 Å². The van der Waals surface area contributed by atoms with Gasteiger partial charge >= 0.3 is 39.5 Å². The first-order valence-corrected chi connectivity index (χ1v) is 46.7. The molecule has 0 aromatic carbocycles. The number of carbonyl (C=O) groups excluding carboxylic acids is 4. The van der Waals surface area contributed by atoms with E-state index in [0.29, 0.717) is 25.7 Å². The average Bonchev–Trinajstić information content (AvgIpc) is 0.950. The summed E-state index contributed by atoms with van der Waals surface area (Å²) in [7, 11) is -9.92. The molecule has 0 bridgehead atoms. The van der Waals surface area contributed by atoms with Gasteiger partial charge in [-0.25, -0.2) is 9.13 Å². The zero-order valence-electron chi connectivity index (χ0n) is 67.5. The Labute approximate surface area is 632 Å². The number of rotatable bonds is 84. The van der Waals surface area contributed by atoms with Gasteiger partial charge in [0.2, 0.25) is 0 Å². The fourth-order valence-electron chi connectivity index (χ4n) is 13.1. The highest BCUT2D eigenvalue weighted by Crippen LogP contribution is 2.45. The summed E-state index contributed by atoms with van der Waals surface area (Å²) >= 11 is 0. The summed E-state index contributed by atoms with van der Waals surface area (Å²) in [6.45, 7) is 7.40. The second-order valence-electron chi connectivity index (χ2n) is 30.5. The molecule has 0 saturated heterocycles. The number of carbonyl (C=O) groups is 4. The standard InChI is InChI=1S/C84H164O17P2/c1-6-10-13-16-19-22-25-27-29-30-31-32-33-35-41-45-50-55-60-65-70-84(89)101-80(74-95-82(87)68-63-58-53-48-43-39-37-36-38-42-46-51-56-61-66-77(5)9-4)76-99-103(92,93)97-72-78(85)71-96-102(90,91)98-75-79(73-94-81(86)67-62-57-52-47-24-21-18-15-12-8-3)100-83(88)69-64-59-54-49-44-40-34-28-26-23-20-17-14-11-7-2/h77-80,85H,6-76H2,1-5H3,(H,90,91)(H,92,93)/t77?,78-,79+,80+/m0/s1. The fourth-order valence-corrected chi connectivity index (χ4v) is 14.7. The molecule has 103 heavy (non-hydrogen) atoms. The van der Waals surface area contributed by atoms with E-state index in [-0.39, 0.29) is 25.7 Å². The van der Waals surface area contributed by atoms with Crippen molar-refractivity contribution in [2.45, 2.75) is 470 Å². The number of ether oxygens (including phenoxy) is 4. The summed E-state index contributed by atoms with van der Waals surface area (Å²) in [5, 5.41) is 10.7. The largest absolute Gasteiger partial charge is 0.472 e. The van der Waals surface area contributed by atoms with E-state index in [4.69, 9.17) is 37.0 Å². The second kappa shape index (κ2) is 76.8. The lowest BCUT2D eigenvalue weighted by atomic mass is 9.99. The Hall–Kier alpha value is -1.94. The van der Waals surface area contributed by atoms with Crippen LogP contribution in [0.3, 0.4) is 0 Å². The summed E-state index contributed by atoms with van der Waals surface area (Å²) < 4.78 is 68.8. The van der Waals surface area contributed by atoms with Gasteiger partial charge in [-0.15, -0.1) is 0 Å². The van der Waals surface area contributed by atoms with Gasteiger partial charge in [0.25, 0.3) is 0 Å². The third-order valence-electron chi connectivity index (χ3n) is 20.1. The Kier molecular flexibility index (Phi) is 75.4. The Bertz CT molecular complexity index is 1960. The lowest BCUT2D eigenvalue weighted by Crippen LogP contribution is -2.30. The van der Waals surface area contributed by atoms with Crippen LogP contribution in [-0.4, -0.2) is 96.7 Å². The first-order chi connectivity index (χ1) is 50.1. The molecule has 612 valence electrons. The van der Waals surface area contributed by atoms with E-state index < -0.39 is 97.5 Å².